The van der Waals surface area contributed by atoms with Gasteiger partial charge >= 0.3 is 0 Å². The lowest BCUT2D eigenvalue weighted by Gasteiger charge is -2.18. The first-order valence-corrected chi connectivity index (χ1v) is 4.64. The molecule has 0 spiro atoms. The maximum Gasteiger partial charge on any atom is 0.126 e. The summed E-state index contributed by atoms with van der Waals surface area (Å²) in [6.07, 6.45) is -0.728. The summed E-state index contributed by atoms with van der Waals surface area (Å²) in [7, 11) is 0. The molecule has 1 aromatic rings. The zero-order chi connectivity index (χ0) is 10.9. The van der Waals surface area contributed by atoms with Crippen LogP contribution in [0.3, 0.4) is 0 Å². The average molecular weight is 197 g/mol. The van der Waals surface area contributed by atoms with Crippen molar-refractivity contribution in [2.45, 2.75) is 32.9 Å². The van der Waals surface area contributed by atoms with Gasteiger partial charge in [0.15, 0.2) is 0 Å². The molecule has 0 unspecified atom stereocenters. The Bertz CT molecular complexity index is 336. The summed E-state index contributed by atoms with van der Waals surface area (Å²) in [6, 6.07) is 2.60. The van der Waals surface area contributed by atoms with Crippen molar-refractivity contribution in [3.05, 3.63) is 34.6 Å². The van der Waals surface area contributed by atoms with Gasteiger partial charge in [0.05, 0.1) is 6.10 Å². The van der Waals surface area contributed by atoms with Crippen molar-refractivity contribution in [1.29, 1.82) is 0 Å². The Labute approximate surface area is 83.6 Å². The predicted octanol–water partition coefficient (Wildman–Crippen LogP) is 1.82. The van der Waals surface area contributed by atoms with Gasteiger partial charge in [-0.1, -0.05) is 6.07 Å². The van der Waals surface area contributed by atoms with Crippen LogP contribution in [0.4, 0.5) is 4.39 Å². The van der Waals surface area contributed by atoms with Gasteiger partial charge < -0.3 is 10.8 Å². The fraction of sp³-hybridized carbons (Fsp3) is 0.455. The number of halogens is 1. The summed E-state index contributed by atoms with van der Waals surface area (Å²) in [5.74, 6) is -0.247. The van der Waals surface area contributed by atoms with Crippen LogP contribution in [0.2, 0.25) is 0 Å². The minimum atomic E-state index is -0.728. The first-order chi connectivity index (χ1) is 6.45. The molecule has 78 valence electrons. The van der Waals surface area contributed by atoms with Crippen molar-refractivity contribution < 1.29 is 9.50 Å². The Morgan fingerprint density at radius 1 is 1.29 bits per heavy atom. The lowest BCUT2D eigenvalue weighted by atomic mass is 9.96. The first-order valence-electron chi connectivity index (χ1n) is 4.64. The van der Waals surface area contributed by atoms with Gasteiger partial charge in [-0.15, -0.1) is 0 Å². The molecule has 0 saturated heterocycles. The Morgan fingerprint density at radius 2 is 1.86 bits per heavy atom. The average Bonchev–Trinajstić information content (AvgIpc) is 2.13. The summed E-state index contributed by atoms with van der Waals surface area (Å²) in [5.41, 5.74) is 7.63. The van der Waals surface area contributed by atoms with Gasteiger partial charge in [-0.25, -0.2) is 4.39 Å². The smallest absolute Gasteiger partial charge is 0.126 e. The molecule has 14 heavy (non-hydrogen) atoms. The van der Waals surface area contributed by atoms with Crippen LogP contribution in [0.1, 0.15) is 29.7 Å². The van der Waals surface area contributed by atoms with Crippen molar-refractivity contribution in [3.8, 4) is 0 Å². The van der Waals surface area contributed by atoms with Gasteiger partial charge in [0, 0.05) is 6.04 Å². The van der Waals surface area contributed by atoms with E-state index in [1.54, 1.807) is 26.8 Å². The van der Waals surface area contributed by atoms with Gasteiger partial charge in [0.1, 0.15) is 5.82 Å². The molecule has 0 aromatic heterocycles. The summed E-state index contributed by atoms with van der Waals surface area (Å²) >= 11 is 0. The van der Waals surface area contributed by atoms with E-state index in [4.69, 9.17) is 5.73 Å². The van der Waals surface area contributed by atoms with Crippen LogP contribution in [0.5, 0.6) is 0 Å². The summed E-state index contributed by atoms with van der Waals surface area (Å²) < 4.78 is 13.1. The lowest BCUT2D eigenvalue weighted by Crippen LogP contribution is -2.25. The Morgan fingerprint density at radius 3 is 2.36 bits per heavy atom. The van der Waals surface area contributed by atoms with Crippen LogP contribution >= 0.6 is 0 Å². The molecule has 0 fully saturated rings. The highest BCUT2D eigenvalue weighted by Gasteiger charge is 2.16. The molecule has 3 N–H and O–H groups in total. The van der Waals surface area contributed by atoms with E-state index in [1.165, 1.54) is 6.07 Å². The number of hydrogen-bond donors (Lipinski definition) is 2. The zero-order valence-electron chi connectivity index (χ0n) is 8.71. The SMILES string of the molecule is Cc1c(F)ccc([C@@H](O)[C@H](C)N)c1C. The summed E-state index contributed by atoms with van der Waals surface area (Å²) in [6.45, 7) is 5.21. The molecular weight excluding hydrogens is 181 g/mol. The molecule has 3 heteroatoms. The molecule has 2 atom stereocenters. The molecule has 0 aliphatic carbocycles. The fourth-order valence-electron chi connectivity index (χ4n) is 1.41. The maximum atomic E-state index is 13.1. The highest BCUT2D eigenvalue weighted by molar-refractivity contribution is 5.36. The summed E-state index contributed by atoms with van der Waals surface area (Å²) in [4.78, 5) is 0. The van der Waals surface area contributed by atoms with Crippen LogP contribution in [0, 0.1) is 19.7 Å². The quantitative estimate of drug-likeness (QED) is 0.759. The zero-order valence-corrected chi connectivity index (χ0v) is 8.71. The standard InChI is InChI=1S/C11H16FNO/c1-6-7(2)10(12)5-4-9(6)11(14)8(3)13/h4-5,8,11,14H,13H2,1-3H3/t8-,11-/m0/s1. The van der Waals surface area contributed by atoms with E-state index in [2.05, 4.69) is 0 Å². The molecule has 0 aliphatic heterocycles. The number of rotatable bonds is 2. The van der Waals surface area contributed by atoms with Crippen LogP contribution in [0.15, 0.2) is 12.1 Å². The van der Waals surface area contributed by atoms with Crippen LogP contribution < -0.4 is 5.73 Å². The molecule has 0 saturated carbocycles. The molecule has 1 rings (SSSR count). The Balaban J connectivity index is 3.17. The fourth-order valence-corrected chi connectivity index (χ4v) is 1.41. The summed E-state index contributed by atoms with van der Waals surface area (Å²) in [5, 5.41) is 9.75. The van der Waals surface area contributed by atoms with Crippen molar-refractivity contribution in [2.75, 3.05) is 0 Å². The highest BCUT2D eigenvalue weighted by Crippen LogP contribution is 2.23. The van der Waals surface area contributed by atoms with E-state index < -0.39 is 6.10 Å². The second kappa shape index (κ2) is 4.07. The second-order valence-corrected chi connectivity index (χ2v) is 3.69. The Hall–Kier alpha value is -0.930. The highest BCUT2D eigenvalue weighted by atomic mass is 19.1. The van der Waals surface area contributed by atoms with E-state index in [-0.39, 0.29) is 11.9 Å². The van der Waals surface area contributed by atoms with E-state index >= 15 is 0 Å². The van der Waals surface area contributed by atoms with Gasteiger partial charge in [-0.05, 0) is 43.5 Å². The number of nitrogens with two attached hydrogens (primary N) is 1. The molecule has 0 bridgehead atoms. The normalized spacial score (nSPS) is 15.3. The predicted molar refractivity (Wildman–Crippen MR) is 54.5 cm³/mol. The molecule has 0 heterocycles. The molecule has 1 aromatic carbocycles. The number of aliphatic hydroxyl groups excluding tert-OH is 1. The van der Waals surface area contributed by atoms with Gasteiger partial charge in [0.2, 0.25) is 0 Å². The second-order valence-electron chi connectivity index (χ2n) is 3.69. The van der Waals surface area contributed by atoms with Crippen LogP contribution in [0.25, 0.3) is 0 Å². The van der Waals surface area contributed by atoms with Gasteiger partial charge in [-0.2, -0.15) is 0 Å². The van der Waals surface area contributed by atoms with E-state index in [9.17, 15) is 9.50 Å². The minimum absolute atomic E-state index is 0.247. The van der Waals surface area contributed by atoms with Gasteiger partial charge in [-0.3, -0.25) is 0 Å². The number of hydrogen-bond acceptors (Lipinski definition) is 2. The largest absolute Gasteiger partial charge is 0.387 e. The van der Waals surface area contributed by atoms with Crippen LogP contribution in [-0.2, 0) is 0 Å². The molecule has 0 radical (unpaired) electrons. The van der Waals surface area contributed by atoms with Crippen molar-refractivity contribution in [3.63, 3.8) is 0 Å². The van der Waals surface area contributed by atoms with Crippen molar-refractivity contribution >= 4 is 0 Å². The molecule has 0 aliphatic rings. The van der Waals surface area contributed by atoms with Crippen molar-refractivity contribution in [2.24, 2.45) is 5.73 Å². The van der Waals surface area contributed by atoms with E-state index in [1.807, 2.05) is 0 Å². The molecular formula is C11H16FNO. The molecule has 0 amide bonds. The maximum absolute atomic E-state index is 13.1. The van der Waals surface area contributed by atoms with Crippen LogP contribution in [-0.4, -0.2) is 11.1 Å². The third-order valence-corrected chi connectivity index (χ3v) is 2.58. The third kappa shape index (κ3) is 1.94. The third-order valence-electron chi connectivity index (χ3n) is 2.58. The minimum Gasteiger partial charge on any atom is -0.387 e. The van der Waals surface area contributed by atoms with Gasteiger partial charge in [0.25, 0.3) is 0 Å². The van der Waals surface area contributed by atoms with E-state index in [0.717, 1.165) is 5.56 Å². The lowest BCUT2D eigenvalue weighted by molar-refractivity contribution is 0.152. The number of aliphatic hydroxyl groups is 1. The monoisotopic (exact) mass is 197 g/mol. The number of benzene rings is 1. The first kappa shape index (κ1) is 11.1. The topological polar surface area (TPSA) is 46.2 Å². The van der Waals surface area contributed by atoms with E-state index in [0.29, 0.717) is 11.1 Å². The Kier molecular flexibility index (Phi) is 3.24. The molecule has 2 nitrogen and oxygen atoms in total. The van der Waals surface area contributed by atoms with Crippen molar-refractivity contribution in [1.82, 2.24) is 0 Å².